The van der Waals surface area contributed by atoms with Crippen LogP contribution in [0.4, 0.5) is 0 Å². The van der Waals surface area contributed by atoms with Crippen molar-refractivity contribution in [3.63, 3.8) is 0 Å². The van der Waals surface area contributed by atoms with Crippen molar-refractivity contribution in [3.05, 3.63) is 48.6 Å². The van der Waals surface area contributed by atoms with E-state index in [2.05, 4.69) is 18.2 Å². The molecule has 5 nitrogen and oxygen atoms in total. The molecule has 0 saturated carbocycles. The second kappa shape index (κ2) is 21.1. The van der Waals surface area contributed by atoms with E-state index in [9.17, 15) is 9.59 Å². The van der Waals surface area contributed by atoms with E-state index in [0.29, 0.717) is 12.8 Å². The van der Waals surface area contributed by atoms with Crippen LogP contribution in [-0.4, -0.2) is 46.1 Å². The Labute approximate surface area is 179 Å². The molecule has 0 rings (SSSR count). The fourth-order valence-corrected chi connectivity index (χ4v) is 3.30. The number of nitrogens with two attached hydrogens (primary N) is 1. The highest BCUT2D eigenvalue weighted by molar-refractivity contribution is 7.99. The molecule has 0 aliphatic rings. The minimum atomic E-state index is -1.23. The van der Waals surface area contributed by atoms with Crippen molar-refractivity contribution in [3.8, 4) is 0 Å². The third-order valence-electron chi connectivity index (χ3n) is 4.07. The second-order valence-electron chi connectivity index (χ2n) is 6.81. The van der Waals surface area contributed by atoms with E-state index >= 15 is 0 Å². The molecule has 29 heavy (non-hydrogen) atoms. The summed E-state index contributed by atoms with van der Waals surface area (Å²) in [6.45, 7) is 0. The fourth-order valence-electron chi connectivity index (χ4n) is 2.38. The van der Waals surface area contributed by atoms with Gasteiger partial charge >= 0.3 is 5.97 Å². The number of allylic oxidation sites excluding steroid dienone is 8. The highest BCUT2D eigenvalue weighted by Crippen LogP contribution is 2.08. The van der Waals surface area contributed by atoms with Gasteiger partial charge in [-0.25, -0.2) is 4.79 Å². The number of carboxylic acids is 1. The van der Waals surface area contributed by atoms with Crippen LogP contribution in [0.15, 0.2) is 48.6 Å². The van der Waals surface area contributed by atoms with Crippen LogP contribution in [0.1, 0.15) is 57.8 Å². The Hall–Kier alpha value is -1.63. The van der Waals surface area contributed by atoms with Gasteiger partial charge in [0.1, 0.15) is 6.29 Å². The van der Waals surface area contributed by atoms with Gasteiger partial charge in [-0.15, -0.1) is 0 Å². The van der Waals surface area contributed by atoms with Crippen molar-refractivity contribution < 1.29 is 19.8 Å². The Morgan fingerprint density at radius 1 is 0.897 bits per heavy atom. The highest BCUT2D eigenvalue weighted by atomic mass is 32.2. The van der Waals surface area contributed by atoms with Crippen LogP contribution in [0.5, 0.6) is 0 Å². The number of carboxylic acid groups (broad SMARTS) is 1. The summed E-state index contributed by atoms with van der Waals surface area (Å²) in [5.41, 5.74) is 5.53. The molecule has 6 heteroatoms. The normalized spacial score (nSPS) is 14.4. The average Bonchev–Trinajstić information content (AvgIpc) is 2.71. The fraction of sp³-hybridized carbons (Fsp3) is 0.565. The van der Waals surface area contributed by atoms with Crippen LogP contribution >= 0.6 is 11.8 Å². The van der Waals surface area contributed by atoms with Gasteiger partial charge in [-0.05, 0) is 57.1 Å². The molecule has 164 valence electrons. The summed E-state index contributed by atoms with van der Waals surface area (Å²) in [7, 11) is 0. The molecule has 0 amide bonds. The predicted molar refractivity (Wildman–Crippen MR) is 123 cm³/mol. The van der Waals surface area contributed by atoms with E-state index in [0.717, 1.165) is 43.5 Å². The summed E-state index contributed by atoms with van der Waals surface area (Å²) >= 11 is 1.75. The molecular formula is C23H37NO4S. The predicted octanol–water partition coefficient (Wildman–Crippen LogP) is 4.43. The summed E-state index contributed by atoms with van der Waals surface area (Å²) in [6.07, 6.45) is 24.5. The SMILES string of the molecule is N[C@H](C=O)CSCCCCC/C=C/C/C=C/C=C/C=C/CCCCC(O)C(=O)O. The quantitative estimate of drug-likeness (QED) is 0.123. The summed E-state index contributed by atoms with van der Waals surface area (Å²) in [5, 5.41) is 17.7. The molecule has 0 aliphatic heterocycles. The van der Waals surface area contributed by atoms with Gasteiger partial charge in [-0.1, -0.05) is 55.0 Å². The van der Waals surface area contributed by atoms with Crippen LogP contribution < -0.4 is 5.73 Å². The van der Waals surface area contributed by atoms with Gasteiger partial charge in [0.15, 0.2) is 6.10 Å². The lowest BCUT2D eigenvalue weighted by Gasteiger charge is -2.03. The monoisotopic (exact) mass is 423 g/mol. The van der Waals surface area contributed by atoms with Crippen molar-refractivity contribution in [1.29, 1.82) is 0 Å². The lowest BCUT2D eigenvalue weighted by Crippen LogP contribution is -2.24. The minimum Gasteiger partial charge on any atom is -0.479 e. The first-order valence-corrected chi connectivity index (χ1v) is 11.6. The number of aliphatic hydroxyl groups is 1. The molecule has 0 spiro atoms. The van der Waals surface area contributed by atoms with Gasteiger partial charge in [0.25, 0.3) is 0 Å². The molecule has 0 aromatic carbocycles. The van der Waals surface area contributed by atoms with E-state index in [-0.39, 0.29) is 6.04 Å². The van der Waals surface area contributed by atoms with Gasteiger partial charge in [0.05, 0.1) is 6.04 Å². The molecule has 0 fully saturated rings. The molecule has 0 aromatic rings. The smallest absolute Gasteiger partial charge is 0.332 e. The van der Waals surface area contributed by atoms with E-state index < -0.39 is 12.1 Å². The third-order valence-corrected chi connectivity index (χ3v) is 5.27. The molecule has 1 unspecified atom stereocenters. The van der Waals surface area contributed by atoms with Crippen molar-refractivity contribution in [1.82, 2.24) is 0 Å². The summed E-state index contributed by atoms with van der Waals surface area (Å²) in [4.78, 5) is 20.8. The van der Waals surface area contributed by atoms with E-state index in [4.69, 9.17) is 15.9 Å². The largest absolute Gasteiger partial charge is 0.479 e. The van der Waals surface area contributed by atoms with Gasteiger partial charge in [0, 0.05) is 5.75 Å². The molecule has 4 N–H and O–H groups in total. The first-order chi connectivity index (χ1) is 14.1. The summed E-state index contributed by atoms with van der Waals surface area (Å²) < 4.78 is 0. The average molecular weight is 424 g/mol. The molecule has 0 radical (unpaired) electrons. The first-order valence-electron chi connectivity index (χ1n) is 10.4. The lowest BCUT2D eigenvalue weighted by atomic mass is 10.1. The first kappa shape index (κ1) is 27.4. The Bertz CT molecular complexity index is 529. The van der Waals surface area contributed by atoms with Crippen LogP contribution in [0.2, 0.25) is 0 Å². The maximum absolute atomic E-state index is 10.5. The number of aldehydes is 1. The zero-order valence-corrected chi connectivity index (χ0v) is 18.1. The molecule has 0 aromatic heterocycles. The van der Waals surface area contributed by atoms with Crippen molar-refractivity contribution in [2.45, 2.75) is 69.9 Å². The summed E-state index contributed by atoms with van der Waals surface area (Å²) in [5.74, 6) is 0.649. The standard InChI is InChI=1S/C23H37NO4S/c24-21(19-25)20-29-18-16-14-12-10-8-6-4-2-1-3-5-7-9-11-13-15-17-22(26)23(27)28/h1-3,5-9,19,21-22,26H,4,10-18,20,24H2,(H,27,28)/b2-1+,5-3+,8-6+,9-7+/t21-,22?/m1/s1. The zero-order valence-electron chi connectivity index (χ0n) is 17.3. The van der Waals surface area contributed by atoms with Crippen LogP contribution in [0, 0.1) is 0 Å². The molecule has 0 saturated heterocycles. The van der Waals surface area contributed by atoms with E-state index in [1.54, 1.807) is 11.8 Å². The molecule has 0 bridgehead atoms. The number of hydrogen-bond donors (Lipinski definition) is 3. The third kappa shape index (κ3) is 20.9. The minimum absolute atomic E-state index is 0.311. The van der Waals surface area contributed by atoms with Crippen LogP contribution in [0.25, 0.3) is 0 Å². The number of aliphatic hydroxyl groups excluding tert-OH is 1. The lowest BCUT2D eigenvalue weighted by molar-refractivity contribution is -0.146. The molecule has 0 heterocycles. The van der Waals surface area contributed by atoms with Crippen LogP contribution in [-0.2, 0) is 9.59 Å². The Morgan fingerprint density at radius 3 is 2.31 bits per heavy atom. The second-order valence-corrected chi connectivity index (χ2v) is 7.96. The van der Waals surface area contributed by atoms with Gasteiger partial charge in [-0.2, -0.15) is 11.8 Å². The molecular weight excluding hydrogens is 386 g/mol. The number of unbranched alkanes of at least 4 members (excludes halogenated alkanes) is 5. The topological polar surface area (TPSA) is 101 Å². The number of hydrogen-bond acceptors (Lipinski definition) is 5. The number of aliphatic carboxylic acids is 1. The van der Waals surface area contributed by atoms with E-state index in [1.807, 2.05) is 30.4 Å². The number of rotatable bonds is 19. The molecule has 2 atom stereocenters. The number of carbonyl (C=O) groups excluding carboxylic acids is 1. The van der Waals surface area contributed by atoms with Crippen molar-refractivity contribution in [2.75, 3.05) is 11.5 Å². The van der Waals surface area contributed by atoms with Crippen molar-refractivity contribution >= 4 is 24.0 Å². The maximum Gasteiger partial charge on any atom is 0.332 e. The maximum atomic E-state index is 10.5. The highest BCUT2D eigenvalue weighted by Gasteiger charge is 2.11. The van der Waals surface area contributed by atoms with Gasteiger partial charge < -0.3 is 20.7 Å². The van der Waals surface area contributed by atoms with Gasteiger partial charge in [-0.3, -0.25) is 0 Å². The van der Waals surface area contributed by atoms with Crippen molar-refractivity contribution in [2.24, 2.45) is 5.73 Å². The number of carbonyl (C=O) groups is 2. The summed E-state index contributed by atoms with van der Waals surface area (Å²) in [6, 6.07) is -0.320. The zero-order chi connectivity index (χ0) is 21.6. The molecule has 0 aliphatic carbocycles. The number of thioether (sulfide) groups is 1. The van der Waals surface area contributed by atoms with E-state index in [1.165, 1.54) is 19.3 Å². The Balaban J connectivity index is 3.47. The van der Waals surface area contributed by atoms with Crippen LogP contribution in [0.3, 0.4) is 0 Å². The Morgan fingerprint density at radius 2 is 1.59 bits per heavy atom. The van der Waals surface area contributed by atoms with Gasteiger partial charge in [0.2, 0.25) is 0 Å². The Kier molecular flexibility index (Phi) is 19.9.